The van der Waals surface area contributed by atoms with Gasteiger partial charge in [-0.1, -0.05) is 22.4 Å². The molecule has 1 fully saturated rings. The minimum Gasteiger partial charge on any atom is -0.206 e. The van der Waals surface area contributed by atoms with Crippen molar-refractivity contribution in [2.45, 2.75) is 35.9 Å². The Kier molecular flexibility index (Phi) is 5.28. The second-order valence-electron chi connectivity index (χ2n) is 4.30. The highest BCUT2D eigenvalue weighted by Gasteiger charge is 2.35. The molecule has 0 amide bonds. The Morgan fingerprint density at radius 2 is 2.17 bits per heavy atom. The molecule has 1 aromatic rings. The molecule has 18 heavy (non-hydrogen) atoms. The lowest BCUT2D eigenvalue weighted by Crippen LogP contribution is -2.44. The van der Waals surface area contributed by atoms with Gasteiger partial charge in [0.25, 0.3) is 10.0 Å². The van der Waals surface area contributed by atoms with E-state index in [0.717, 1.165) is 31.0 Å². The molecule has 0 radical (unpaired) electrons. The molecule has 1 aliphatic rings. The van der Waals surface area contributed by atoms with E-state index in [1.807, 2.05) is 0 Å². The molecule has 0 unspecified atom stereocenters. The van der Waals surface area contributed by atoms with Gasteiger partial charge in [-0.25, -0.2) is 8.42 Å². The van der Waals surface area contributed by atoms with Crippen LogP contribution in [0.4, 0.5) is 0 Å². The van der Waals surface area contributed by atoms with Crippen molar-refractivity contribution in [3.05, 3.63) is 15.9 Å². The fourth-order valence-corrected chi connectivity index (χ4v) is 6.36. The maximum absolute atomic E-state index is 12.6. The van der Waals surface area contributed by atoms with Crippen molar-refractivity contribution in [2.75, 3.05) is 11.9 Å². The molecule has 1 aliphatic carbocycles. The number of hydrogen-bond donors (Lipinski definition) is 0. The maximum Gasteiger partial charge on any atom is 0.253 e. The van der Waals surface area contributed by atoms with Gasteiger partial charge in [-0.3, -0.25) is 0 Å². The molecular weight excluding hydrogens is 402 g/mol. The summed E-state index contributed by atoms with van der Waals surface area (Å²) in [6.45, 7) is 0.600. The van der Waals surface area contributed by atoms with Crippen molar-refractivity contribution in [3.63, 3.8) is 0 Å². The Hall–Kier alpha value is 0.570. The van der Waals surface area contributed by atoms with Crippen molar-refractivity contribution in [1.29, 1.82) is 0 Å². The van der Waals surface area contributed by atoms with Crippen LogP contribution in [-0.2, 0) is 10.0 Å². The van der Waals surface area contributed by atoms with E-state index in [-0.39, 0.29) is 6.04 Å². The Morgan fingerprint density at radius 3 is 2.61 bits per heavy atom. The fraction of sp³-hybridized carbons (Fsp3) is 0.636. The van der Waals surface area contributed by atoms with E-state index in [1.54, 1.807) is 15.8 Å². The first-order valence-electron chi connectivity index (χ1n) is 5.88. The topological polar surface area (TPSA) is 37.4 Å². The second-order valence-corrected chi connectivity index (χ2v) is 8.95. The summed E-state index contributed by atoms with van der Waals surface area (Å²) in [5.41, 5.74) is 0. The van der Waals surface area contributed by atoms with Crippen molar-refractivity contribution >= 4 is 53.2 Å². The van der Waals surface area contributed by atoms with Crippen LogP contribution in [0.25, 0.3) is 0 Å². The highest BCUT2D eigenvalue weighted by molar-refractivity contribution is 9.10. The van der Waals surface area contributed by atoms with Crippen molar-refractivity contribution < 1.29 is 8.42 Å². The van der Waals surface area contributed by atoms with Crippen LogP contribution in [0, 0.1) is 0 Å². The van der Waals surface area contributed by atoms with Gasteiger partial charge in [0.15, 0.2) is 0 Å². The van der Waals surface area contributed by atoms with Gasteiger partial charge >= 0.3 is 0 Å². The summed E-state index contributed by atoms with van der Waals surface area (Å²) in [5, 5.41) is 2.64. The van der Waals surface area contributed by atoms with E-state index < -0.39 is 10.0 Å². The van der Waals surface area contributed by atoms with Gasteiger partial charge in [-0.2, -0.15) is 4.31 Å². The minimum atomic E-state index is -3.34. The van der Waals surface area contributed by atoms with Crippen molar-refractivity contribution in [3.8, 4) is 0 Å². The monoisotopic (exact) mass is 415 g/mol. The van der Waals surface area contributed by atoms with Crippen molar-refractivity contribution in [2.24, 2.45) is 0 Å². The summed E-state index contributed by atoms with van der Waals surface area (Å²) in [5.74, 6) is 0. The number of hydrogen-bond acceptors (Lipinski definition) is 3. The molecule has 0 aromatic carbocycles. The largest absolute Gasteiger partial charge is 0.253 e. The van der Waals surface area contributed by atoms with E-state index in [9.17, 15) is 8.42 Å². The molecule has 0 N–H and O–H groups in total. The molecule has 0 spiro atoms. The summed E-state index contributed by atoms with van der Waals surface area (Å²) in [4.78, 5) is 0. The van der Waals surface area contributed by atoms with Crippen LogP contribution in [0.3, 0.4) is 0 Å². The second kappa shape index (κ2) is 6.35. The Bertz CT molecular complexity index is 497. The van der Waals surface area contributed by atoms with Crippen LogP contribution in [0.2, 0.25) is 0 Å². The third-order valence-corrected chi connectivity index (χ3v) is 8.28. The van der Waals surface area contributed by atoms with Gasteiger partial charge in [0.2, 0.25) is 0 Å². The van der Waals surface area contributed by atoms with Crippen LogP contribution >= 0.6 is 43.2 Å². The van der Waals surface area contributed by atoms with Crippen LogP contribution in [0.5, 0.6) is 0 Å². The Labute approximate surface area is 129 Å². The SMILES string of the molecule is O=S(=O)(c1sccc1Br)N(CCCBr)C1CCC1. The summed E-state index contributed by atoms with van der Waals surface area (Å²) >= 11 is 7.97. The zero-order valence-corrected chi connectivity index (χ0v) is 14.6. The number of sulfonamides is 1. The van der Waals surface area contributed by atoms with E-state index in [0.29, 0.717) is 15.2 Å². The fourth-order valence-electron chi connectivity index (χ4n) is 1.96. The molecule has 3 nitrogen and oxygen atoms in total. The lowest BCUT2D eigenvalue weighted by atomic mass is 9.93. The van der Waals surface area contributed by atoms with Gasteiger partial charge in [-0.15, -0.1) is 11.3 Å². The van der Waals surface area contributed by atoms with E-state index in [2.05, 4.69) is 31.9 Å². The average molecular weight is 417 g/mol. The van der Waals surface area contributed by atoms with Gasteiger partial charge in [0.05, 0.1) is 0 Å². The molecular formula is C11H15Br2NO2S2. The first-order chi connectivity index (χ1) is 8.57. The van der Waals surface area contributed by atoms with Crippen LogP contribution < -0.4 is 0 Å². The summed E-state index contributed by atoms with van der Waals surface area (Å²) in [6, 6.07) is 1.99. The quantitative estimate of drug-likeness (QED) is 0.660. The maximum atomic E-state index is 12.6. The van der Waals surface area contributed by atoms with Gasteiger partial charge in [0.1, 0.15) is 4.21 Å². The number of alkyl halides is 1. The smallest absolute Gasteiger partial charge is 0.206 e. The number of nitrogens with zero attached hydrogens (tertiary/aromatic N) is 1. The van der Waals surface area contributed by atoms with Gasteiger partial charge in [-0.05, 0) is 46.6 Å². The van der Waals surface area contributed by atoms with Crippen molar-refractivity contribution in [1.82, 2.24) is 4.31 Å². The lowest BCUT2D eigenvalue weighted by Gasteiger charge is -2.36. The molecule has 0 aliphatic heterocycles. The predicted octanol–water partition coefficient (Wildman–Crippen LogP) is 3.84. The first-order valence-corrected chi connectivity index (χ1v) is 10.1. The molecule has 7 heteroatoms. The summed E-state index contributed by atoms with van der Waals surface area (Å²) in [6.07, 6.45) is 3.96. The standard InChI is InChI=1S/C11H15Br2NO2S2/c12-6-2-7-14(9-3-1-4-9)18(15,16)11-10(13)5-8-17-11/h5,8-9H,1-4,6-7H2. The van der Waals surface area contributed by atoms with Gasteiger partial charge in [0, 0.05) is 22.4 Å². The molecule has 0 saturated heterocycles. The zero-order chi connectivity index (χ0) is 13.2. The van der Waals surface area contributed by atoms with Gasteiger partial charge < -0.3 is 0 Å². The molecule has 0 atom stereocenters. The molecule has 1 heterocycles. The predicted molar refractivity (Wildman–Crippen MR) is 82.0 cm³/mol. The molecule has 2 rings (SSSR count). The third kappa shape index (κ3) is 3.00. The number of thiophene rings is 1. The zero-order valence-electron chi connectivity index (χ0n) is 9.81. The van der Waals surface area contributed by atoms with E-state index in [1.165, 1.54) is 11.3 Å². The molecule has 102 valence electrons. The molecule has 0 bridgehead atoms. The normalized spacial score (nSPS) is 17.1. The first kappa shape index (κ1) is 15.0. The Morgan fingerprint density at radius 1 is 1.44 bits per heavy atom. The average Bonchev–Trinajstić information content (AvgIpc) is 2.68. The number of halogens is 2. The van der Waals surface area contributed by atoms with Crippen LogP contribution in [-0.4, -0.2) is 30.6 Å². The van der Waals surface area contributed by atoms with E-state index >= 15 is 0 Å². The molecule has 1 saturated carbocycles. The minimum absolute atomic E-state index is 0.197. The summed E-state index contributed by atoms with van der Waals surface area (Å²) < 4.78 is 28.1. The Balaban J connectivity index is 2.26. The molecule has 1 aromatic heterocycles. The lowest BCUT2D eigenvalue weighted by molar-refractivity contribution is 0.220. The number of rotatable bonds is 6. The third-order valence-electron chi connectivity index (χ3n) is 3.12. The van der Waals surface area contributed by atoms with Crippen LogP contribution in [0.15, 0.2) is 20.1 Å². The van der Waals surface area contributed by atoms with Crippen LogP contribution in [0.1, 0.15) is 25.7 Å². The summed E-state index contributed by atoms with van der Waals surface area (Å²) in [7, 11) is -3.34. The highest BCUT2D eigenvalue weighted by atomic mass is 79.9. The van der Waals surface area contributed by atoms with E-state index in [4.69, 9.17) is 0 Å². The highest BCUT2D eigenvalue weighted by Crippen LogP contribution is 2.35.